The van der Waals surface area contributed by atoms with Crippen LogP contribution in [-0.4, -0.2) is 11.7 Å². The number of amidine groups is 2. The summed E-state index contributed by atoms with van der Waals surface area (Å²) in [6, 6.07) is 61.7. The van der Waals surface area contributed by atoms with E-state index in [1.54, 1.807) is 0 Å². The molecule has 0 amide bonds. The number of fused-ring (bicyclic) bond motifs is 10. The van der Waals surface area contributed by atoms with Gasteiger partial charge in [-0.1, -0.05) is 127 Å². The van der Waals surface area contributed by atoms with E-state index in [4.69, 9.17) is 18.8 Å². The summed E-state index contributed by atoms with van der Waals surface area (Å²) < 4.78 is 12.9. The number of rotatable bonds is 4. The Bertz CT molecular complexity index is 3480. The first kappa shape index (κ1) is 30.9. The molecule has 1 N–H and O–H groups in total. The highest BCUT2D eigenvalue weighted by Crippen LogP contribution is 2.41. The van der Waals surface area contributed by atoms with Crippen LogP contribution in [0.5, 0.6) is 0 Å². The maximum absolute atomic E-state index is 6.52. The average Bonchev–Trinajstić information content (AvgIpc) is 3.83. The van der Waals surface area contributed by atoms with Gasteiger partial charge in [0.1, 0.15) is 34.3 Å². The molecule has 2 aromatic heterocycles. The van der Waals surface area contributed by atoms with Crippen LogP contribution in [0.25, 0.3) is 87.3 Å². The second-order valence-electron chi connectivity index (χ2n) is 14.6. The summed E-state index contributed by atoms with van der Waals surface area (Å²) in [5.41, 5.74) is 8.30. The van der Waals surface area contributed by atoms with Gasteiger partial charge in [0.2, 0.25) is 0 Å². The van der Waals surface area contributed by atoms with Gasteiger partial charge in [0.25, 0.3) is 0 Å². The number of para-hydroxylation sites is 2. The summed E-state index contributed by atoms with van der Waals surface area (Å²) in [5, 5.41) is 15.1. The largest absolute Gasteiger partial charge is 0.456 e. The lowest BCUT2D eigenvalue weighted by atomic mass is 9.91. The third kappa shape index (κ3) is 4.81. The fourth-order valence-corrected chi connectivity index (χ4v) is 8.59. The normalized spacial score (nSPS) is 14.6. The Hall–Kier alpha value is -7.50. The monoisotopic (exact) mass is 717 g/mol. The molecule has 1 aliphatic rings. The zero-order valence-electron chi connectivity index (χ0n) is 30.0. The first-order chi connectivity index (χ1) is 27.7. The lowest BCUT2D eigenvalue weighted by Gasteiger charge is -2.25. The molecule has 12 rings (SSSR count). The first-order valence-corrected chi connectivity index (χ1v) is 18.9. The molecule has 1 atom stereocenters. The van der Waals surface area contributed by atoms with Gasteiger partial charge in [0.15, 0.2) is 5.84 Å². The molecule has 0 saturated heterocycles. The van der Waals surface area contributed by atoms with E-state index in [1.165, 1.54) is 26.9 Å². The van der Waals surface area contributed by atoms with Crippen molar-refractivity contribution in [3.63, 3.8) is 0 Å². The van der Waals surface area contributed by atoms with Crippen LogP contribution in [-0.2, 0) is 0 Å². The standard InChI is InChI=1S/C51H31N3O2/c1-2-11-33-27-35(22-17-30(33)9-1)49-52-50(36-23-24-40-39-13-5-7-15-43(39)56-46(40)29-36)54-51(53-49)48-38(25-26-45-47(48)41-14-6-8-16-44(41)55-45)34-21-20-32-19-18-31-10-3-4-12-37(31)42(32)28-34/h1-29,49H,(H,52,53,54). The smallest absolute Gasteiger partial charge is 0.160 e. The van der Waals surface area contributed by atoms with E-state index >= 15 is 0 Å². The second kappa shape index (κ2) is 12.0. The topological polar surface area (TPSA) is 63.0 Å². The Balaban J connectivity index is 1.13. The molecule has 0 spiro atoms. The van der Waals surface area contributed by atoms with Crippen LogP contribution in [0.4, 0.5) is 0 Å². The predicted octanol–water partition coefficient (Wildman–Crippen LogP) is 13.1. The maximum atomic E-state index is 6.52. The number of hydrogen-bond donors (Lipinski definition) is 1. The van der Waals surface area contributed by atoms with E-state index in [9.17, 15) is 0 Å². The summed E-state index contributed by atoms with van der Waals surface area (Å²) in [4.78, 5) is 10.9. The zero-order valence-corrected chi connectivity index (χ0v) is 30.0. The number of hydrogen-bond acceptors (Lipinski definition) is 5. The van der Waals surface area contributed by atoms with Crippen LogP contribution in [0.1, 0.15) is 22.9 Å². The van der Waals surface area contributed by atoms with Crippen molar-refractivity contribution in [1.82, 2.24) is 5.32 Å². The highest BCUT2D eigenvalue weighted by molar-refractivity contribution is 6.25. The van der Waals surface area contributed by atoms with Crippen molar-refractivity contribution in [3.8, 4) is 11.1 Å². The Morgan fingerprint density at radius 1 is 0.429 bits per heavy atom. The van der Waals surface area contributed by atoms with Crippen molar-refractivity contribution in [3.05, 3.63) is 193 Å². The molecule has 262 valence electrons. The van der Waals surface area contributed by atoms with E-state index in [0.717, 1.165) is 82.9 Å². The molecule has 5 heteroatoms. The second-order valence-corrected chi connectivity index (χ2v) is 14.6. The van der Waals surface area contributed by atoms with Crippen molar-refractivity contribution < 1.29 is 8.83 Å². The fourth-order valence-electron chi connectivity index (χ4n) is 8.59. The third-order valence-corrected chi connectivity index (χ3v) is 11.3. The van der Waals surface area contributed by atoms with Gasteiger partial charge < -0.3 is 14.2 Å². The molecular weight excluding hydrogens is 687 g/mol. The molecule has 0 bridgehead atoms. The average molecular weight is 718 g/mol. The Kier molecular flexibility index (Phi) is 6.63. The molecular formula is C51H31N3O2. The molecule has 0 aliphatic carbocycles. The molecule has 1 aliphatic heterocycles. The number of furan rings is 2. The molecule has 11 aromatic rings. The molecule has 0 radical (unpaired) electrons. The van der Waals surface area contributed by atoms with Gasteiger partial charge in [0.05, 0.1) is 0 Å². The lowest BCUT2D eigenvalue weighted by molar-refractivity contribution is 0.666. The Morgan fingerprint density at radius 2 is 1.07 bits per heavy atom. The first-order valence-electron chi connectivity index (χ1n) is 18.9. The summed E-state index contributed by atoms with van der Waals surface area (Å²) >= 11 is 0. The van der Waals surface area contributed by atoms with Gasteiger partial charge in [-0.25, -0.2) is 9.98 Å². The maximum Gasteiger partial charge on any atom is 0.160 e. The molecule has 1 unspecified atom stereocenters. The molecule has 5 nitrogen and oxygen atoms in total. The van der Waals surface area contributed by atoms with E-state index in [0.29, 0.717) is 5.84 Å². The van der Waals surface area contributed by atoms with Gasteiger partial charge in [0, 0.05) is 32.7 Å². The summed E-state index contributed by atoms with van der Waals surface area (Å²) in [6.45, 7) is 0. The summed E-state index contributed by atoms with van der Waals surface area (Å²) in [6.07, 6.45) is -0.421. The molecule has 0 saturated carbocycles. The van der Waals surface area contributed by atoms with Gasteiger partial charge in [-0.2, -0.15) is 0 Å². The van der Waals surface area contributed by atoms with Crippen LogP contribution in [0.15, 0.2) is 195 Å². The number of nitrogens with one attached hydrogen (secondary N) is 1. The third-order valence-electron chi connectivity index (χ3n) is 11.3. The van der Waals surface area contributed by atoms with E-state index in [2.05, 4.69) is 151 Å². The highest BCUT2D eigenvalue weighted by Gasteiger charge is 2.27. The minimum absolute atomic E-state index is 0.421. The molecule has 3 heterocycles. The van der Waals surface area contributed by atoms with Crippen molar-refractivity contribution in [1.29, 1.82) is 0 Å². The zero-order chi connectivity index (χ0) is 36.7. The predicted molar refractivity (Wildman–Crippen MR) is 231 cm³/mol. The number of aliphatic imine (C=N–C) groups is 2. The summed E-state index contributed by atoms with van der Waals surface area (Å²) in [5.74, 6) is 1.35. The Morgan fingerprint density at radius 3 is 1.95 bits per heavy atom. The summed E-state index contributed by atoms with van der Waals surface area (Å²) in [7, 11) is 0. The fraction of sp³-hybridized carbons (Fsp3) is 0.0196. The van der Waals surface area contributed by atoms with Crippen LogP contribution in [0.2, 0.25) is 0 Å². The molecule has 9 aromatic carbocycles. The molecule has 0 fully saturated rings. The van der Waals surface area contributed by atoms with Gasteiger partial charge in [-0.15, -0.1) is 0 Å². The van der Waals surface area contributed by atoms with Crippen molar-refractivity contribution >= 4 is 87.9 Å². The number of benzene rings is 9. The molecule has 56 heavy (non-hydrogen) atoms. The van der Waals surface area contributed by atoms with Crippen LogP contribution < -0.4 is 5.32 Å². The van der Waals surface area contributed by atoms with Crippen molar-refractivity contribution in [2.45, 2.75) is 6.17 Å². The quantitative estimate of drug-likeness (QED) is 0.184. The number of nitrogens with zero attached hydrogens (tertiary/aromatic N) is 2. The van der Waals surface area contributed by atoms with Crippen LogP contribution >= 0.6 is 0 Å². The van der Waals surface area contributed by atoms with Crippen LogP contribution in [0, 0.1) is 0 Å². The van der Waals surface area contributed by atoms with Crippen molar-refractivity contribution in [2.24, 2.45) is 9.98 Å². The highest BCUT2D eigenvalue weighted by atomic mass is 16.3. The SMILES string of the molecule is c1ccc2cc(C3N=C(c4c(-c5ccc6ccc7ccccc7c6c5)ccc5oc6ccccc6c45)N=C(c4ccc5c(c4)oc4ccccc45)N3)ccc2c1. The van der Waals surface area contributed by atoms with Gasteiger partial charge in [-0.05, 0) is 97.5 Å². The van der Waals surface area contributed by atoms with E-state index in [1.807, 2.05) is 30.3 Å². The van der Waals surface area contributed by atoms with Crippen LogP contribution in [0.3, 0.4) is 0 Å². The minimum Gasteiger partial charge on any atom is -0.456 e. The minimum atomic E-state index is -0.421. The Labute approximate surface area is 320 Å². The van der Waals surface area contributed by atoms with Crippen molar-refractivity contribution in [2.75, 3.05) is 0 Å². The van der Waals surface area contributed by atoms with E-state index in [-0.39, 0.29) is 0 Å². The van der Waals surface area contributed by atoms with Gasteiger partial charge >= 0.3 is 0 Å². The van der Waals surface area contributed by atoms with Gasteiger partial charge in [-0.3, -0.25) is 0 Å². The lowest BCUT2D eigenvalue weighted by Crippen LogP contribution is -2.33. The van der Waals surface area contributed by atoms with E-state index < -0.39 is 6.17 Å².